The van der Waals surface area contributed by atoms with Crippen molar-refractivity contribution in [2.45, 2.75) is 12.5 Å². The zero-order chi connectivity index (χ0) is 8.81. The zero-order valence-electron chi connectivity index (χ0n) is 6.99. The molecule has 0 radical (unpaired) electrons. The number of aromatic nitrogens is 2. The Labute approximate surface area is 72.2 Å². The van der Waals surface area contributed by atoms with Gasteiger partial charge in [0.1, 0.15) is 0 Å². The van der Waals surface area contributed by atoms with Crippen molar-refractivity contribution >= 4 is 0 Å². The summed E-state index contributed by atoms with van der Waals surface area (Å²) < 4.78 is 0. The molecular weight excluding hydrogens is 150 g/mol. The molecule has 0 aliphatic rings. The molecule has 12 heavy (non-hydrogen) atoms. The third-order valence-corrected chi connectivity index (χ3v) is 1.68. The third-order valence-electron chi connectivity index (χ3n) is 1.68. The Morgan fingerprint density at radius 1 is 1.67 bits per heavy atom. The normalized spacial score (nSPS) is 12.0. The highest BCUT2D eigenvalue weighted by molar-refractivity contribution is 5.13. The molecule has 1 atom stereocenters. The van der Waals surface area contributed by atoms with Gasteiger partial charge in [-0.2, -0.15) is 10.2 Å². The Kier molecular flexibility index (Phi) is 3.24. The van der Waals surface area contributed by atoms with Crippen LogP contribution in [-0.2, 0) is 0 Å². The van der Waals surface area contributed by atoms with E-state index in [2.05, 4.69) is 21.4 Å². The lowest BCUT2D eigenvalue weighted by atomic mass is 10.1. The molecular formula is C9H11N3. The molecule has 0 bridgehead atoms. The second-order valence-corrected chi connectivity index (χ2v) is 2.43. The van der Waals surface area contributed by atoms with E-state index in [9.17, 15) is 0 Å². The summed E-state index contributed by atoms with van der Waals surface area (Å²) in [5.74, 6) is 2.61. The lowest BCUT2D eigenvalue weighted by Gasteiger charge is -2.11. The van der Waals surface area contributed by atoms with Gasteiger partial charge in [0, 0.05) is 18.7 Å². The van der Waals surface area contributed by atoms with Crippen LogP contribution in [0.15, 0.2) is 18.5 Å². The number of hydrogen-bond acceptors (Lipinski definition) is 3. The van der Waals surface area contributed by atoms with Crippen molar-refractivity contribution in [2.75, 3.05) is 7.05 Å². The highest BCUT2D eigenvalue weighted by Crippen LogP contribution is 2.12. The number of nitrogens with zero attached hydrogens (tertiary/aromatic N) is 2. The average Bonchev–Trinajstić information content (AvgIpc) is 2.15. The summed E-state index contributed by atoms with van der Waals surface area (Å²) in [7, 11) is 1.88. The summed E-state index contributed by atoms with van der Waals surface area (Å²) in [5.41, 5.74) is 1.07. The molecule has 0 spiro atoms. The smallest absolute Gasteiger partial charge is 0.0544 e. The lowest BCUT2D eigenvalue weighted by Crippen LogP contribution is -2.15. The predicted octanol–water partition coefficient (Wildman–Crippen LogP) is 0.760. The molecule has 0 saturated carbocycles. The molecule has 0 fully saturated rings. The van der Waals surface area contributed by atoms with Crippen LogP contribution in [0.2, 0.25) is 0 Å². The first kappa shape index (κ1) is 8.69. The van der Waals surface area contributed by atoms with Crippen molar-refractivity contribution in [3.63, 3.8) is 0 Å². The number of rotatable bonds is 3. The third kappa shape index (κ3) is 2.04. The van der Waals surface area contributed by atoms with E-state index in [4.69, 9.17) is 6.42 Å². The van der Waals surface area contributed by atoms with E-state index >= 15 is 0 Å². The molecule has 1 unspecified atom stereocenters. The Balaban J connectivity index is 2.75. The minimum absolute atomic E-state index is 0.186. The molecule has 0 aliphatic carbocycles. The second-order valence-electron chi connectivity index (χ2n) is 2.43. The number of terminal acetylenes is 1. The van der Waals surface area contributed by atoms with Gasteiger partial charge in [-0.1, -0.05) is 0 Å². The van der Waals surface area contributed by atoms with Crippen LogP contribution < -0.4 is 5.32 Å². The van der Waals surface area contributed by atoms with Crippen LogP contribution in [0.4, 0.5) is 0 Å². The maximum atomic E-state index is 5.22. The van der Waals surface area contributed by atoms with Crippen molar-refractivity contribution in [3.8, 4) is 12.3 Å². The van der Waals surface area contributed by atoms with Gasteiger partial charge in [0.15, 0.2) is 0 Å². The molecule has 0 aliphatic heterocycles. The second kappa shape index (κ2) is 4.47. The van der Waals surface area contributed by atoms with Crippen molar-refractivity contribution in [1.82, 2.24) is 15.5 Å². The molecule has 1 aromatic rings. The largest absolute Gasteiger partial charge is 0.312 e. The first-order chi connectivity index (χ1) is 5.88. The fourth-order valence-corrected chi connectivity index (χ4v) is 1.01. The van der Waals surface area contributed by atoms with Crippen LogP contribution in [0, 0.1) is 12.3 Å². The standard InChI is InChI=1S/C9H11N3/c1-3-4-9(10-2)8-5-6-11-12-7-8/h1,5-7,9-10H,4H2,2H3. The van der Waals surface area contributed by atoms with Crippen molar-refractivity contribution in [3.05, 3.63) is 24.0 Å². The van der Waals surface area contributed by atoms with Crippen LogP contribution in [0.1, 0.15) is 18.0 Å². The Morgan fingerprint density at radius 2 is 2.50 bits per heavy atom. The minimum atomic E-state index is 0.186. The molecule has 0 saturated heterocycles. The zero-order valence-corrected chi connectivity index (χ0v) is 6.99. The average molecular weight is 161 g/mol. The highest BCUT2D eigenvalue weighted by Gasteiger charge is 2.06. The molecule has 1 N–H and O–H groups in total. The first-order valence-corrected chi connectivity index (χ1v) is 3.75. The molecule has 1 heterocycles. The van der Waals surface area contributed by atoms with Crippen LogP contribution >= 0.6 is 0 Å². The maximum Gasteiger partial charge on any atom is 0.0544 e. The van der Waals surface area contributed by atoms with E-state index in [1.165, 1.54) is 0 Å². The molecule has 3 nitrogen and oxygen atoms in total. The van der Waals surface area contributed by atoms with E-state index < -0.39 is 0 Å². The quantitative estimate of drug-likeness (QED) is 0.665. The van der Waals surface area contributed by atoms with Gasteiger partial charge in [-0.3, -0.25) is 0 Å². The van der Waals surface area contributed by atoms with E-state index in [0.717, 1.165) is 5.56 Å². The molecule has 1 aromatic heterocycles. The van der Waals surface area contributed by atoms with Crippen LogP contribution in [0.25, 0.3) is 0 Å². The van der Waals surface area contributed by atoms with Crippen molar-refractivity contribution in [2.24, 2.45) is 0 Å². The van der Waals surface area contributed by atoms with Gasteiger partial charge >= 0.3 is 0 Å². The molecule has 1 rings (SSSR count). The summed E-state index contributed by atoms with van der Waals surface area (Å²) in [6, 6.07) is 2.09. The maximum absolute atomic E-state index is 5.22. The topological polar surface area (TPSA) is 37.8 Å². The Morgan fingerprint density at radius 3 is 3.00 bits per heavy atom. The van der Waals surface area contributed by atoms with Crippen LogP contribution in [0.5, 0.6) is 0 Å². The van der Waals surface area contributed by atoms with Gasteiger partial charge in [0.05, 0.1) is 6.20 Å². The summed E-state index contributed by atoms with van der Waals surface area (Å²) >= 11 is 0. The summed E-state index contributed by atoms with van der Waals surface area (Å²) in [5, 5.41) is 10.6. The van der Waals surface area contributed by atoms with Gasteiger partial charge in [0.2, 0.25) is 0 Å². The number of hydrogen-bond donors (Lipinski definition) is 1. The van der Waals surface area contributed by atoms with Crippen molar-refractivity contribution in [1.29, 1.82) is 0 Å². The fourth-order valence-electron chi connectivity index (χ4n) is 1.01. The molecule has 3 heteroatoms. The first-order valence-electron chi connectivity index (χ1n) is 3.75. The SMILES string of the molecule is C#CCC(NC)c1ccnnc1. The minimum Gasteiger partial charge on any atom is -0.312 e. The van der Waals surface area contributed by atoms with Gasteiger partial charge in [-0.15, -0.1) is 12.3 Å². The molecule has 62 valence electrons. The Hall–Kier alpha value is -1.40. The Bertz CT molecular complexity index is 263. The predicted molar refractivity (Wildman–Crippen MR) is 47.3 cm³/mol. The van der Waals surface area contributed by atoms with E-state index in [-0.39, 0.29) is 6.04 Å². The lowest BCUT2D eigenvalue weighted by molar-refractivity contribution is 0.607. The fraction of sp³-hybridized carbons (Fsp3) is 0.333. The van der Waals surface area contributed by atoms with Gasteiger partial charge in [0.25, 0.3) is 0 Å². The molecule has 0 amide bonds. The summed E-state index contributed by atoms with van der Waals surface area (Å²) in [6.45, 7) is 0. The highest BCUT2D eigenvalue weighted by atomic mass is 15.1. The summed E-state index contributed by atoms with van der Waals surface area (Å²) in [4.78, 5) is 0. The van der Waals surface area contributed by atoms with Crippen LogP contribution in [0.3, 0.4) is 0 Å². The van der Waals surface area contributed by atoms with Gasteiger partial charge in [-0.05, 0) is 18.7 Å². The summed E-state index contributed by atoms with van der Waals surface area (Å²) in [6.07, 6.45) is 9.27. The van der Waals surface area contributed by atoms with E-state index in [0.29, 0.717) is 6.42 Å². The van der Waals surface area contributed by atoms with Crippen LogP contribution in [-0.4, -0.2) is 17.2 Å². The van der Waals surface area contributed by atoms with Gasteiger partial charge in [-0.25, -0.2) is 0 Å². The molecule has 0 aromatic carbocycles. The van der Waals surface area contributed by atoms with E-state index in [1.807, 2.05) is 13.1 Å². The monoisotopic (exact) mass is 161 g/mol. The number of nitrogens with one attached hydrogen (secondary N) is 1. The van der Waals surface area contributed by atoms with Crippen molar-refractivity contribution < 1.29 is 0 Å². The van der Waals surface area contributed by atoms with Gasteiger partial charge < -0.3 is 5.32 Å². The van der Waals surface area contributed by atoms with E-state index in [1.54, 1.807) is 12.4 Å².